The van der Waals surface area contributed by atoms with E-state index in [1.807, 2.05) is 20.8 Å². The van der Waals surface area contributed by atoms with Gasteiger partial charge in [-0.2, -0.15) is 5.48 Å². The highest BCUT2D eigenvalue weighted by Crippen LogP contribution is 2.10. The summed E-state index contributed by atoms with van der Waals surface area (Å²) in [5.41, 5.74) is 1.86. The van der Waals surface area contributed by atoms with Gasteiger partial charge < -0.3 is 10.1 Å². The Labute approximate surface area is 115 Å². The van der Waals surface area contributed by atoms with Gasteiger partial charge in [0.1, 0.15) is 11.6 Å². The molecular weight excluding hydrogens is 248 g/mol. The van der Waals surface area contributed by atoms with Gasteiger partial charge in [0, 0.05) is 6.54 Å². The van der Waals surface area contributed by atoms with Crippen LogP contribution in [0.2, 0.25) is 0 Å². The molecule has 0 bridgehead atoms. The van der Waals surface area contributed by atoms with Crippen molar-refractivity contribution in [3.63, 3.8) is 0 Å². The molecule has 0 amide bonds. The SMILES string of the molecule is CCCCNC(CCCNOO)C(=O)OC(C)(C)C. The van der Waals surface area contributed by atoms with E-state index in [9.17, 15) is 4.79 Å². The van der Waals surface area contributed by atoms with Crippen molar-refractivity contribution in [2.45, 2.75) is 65.0 Å². The number of rotatable bonds is 10. The summed E-state index contributed by atoms with van der Waals surface area (Å²) in [5, 5.41) is 11.4. The first-order valence-corrected chi connectivity index (χ1v) is 6.90. The normalized spacial score (nSPS) is 13.3. The smallest absolute Gasteiger partial charge is 0.323 e. The average molecular weight is 276 g/mol. The predicted octanol–water partition coefficient (Wildman–Crippen LogP) is 1.86. The quantitative estimate of drug-likeness (QED) is 0.245. The second kappa shape index (κ2) is 10.1. The molecule has 1 unspecified atom stereocenters. The Morgan fingerprint density at radius 2 is 1.95 bits per heavy atom. The standard InChI is InChI=1S/C13H28N2O4/c1-5-6-9-14-11(8-7-10-15-19-17)12(16)18-13(2,3)4/h11,14-15,17H,5-10H2,1-4H3. The average Bonchev–Trinajstić information content (AvgIpc) is 2.30. The second-order valence-corrected chi connectivity index (χ2v) is 5.52. The Hall–Kier alpha value is -0.690. The molecule has 0 fully saturated rings. The Morgan fingerprint density at radius 1 is 1.26 bits per heavy atom. The molecule has 19 heavy (non-hydrogen) atoms. The van der Waals surface area contributed by atoms with E-state index >= 15 is 0 Å². The third-order valence-electron chi connectivity index (χ3n) is 2.45. The molecule has 6 heteroatoms. The number of carbonyl (C=O) groups is 1. The zero-order valence-corrected chi connectivity index (χ0v) is 12.5. The van der Waals surface area contributed by atoms with E-state index in [4.69, 9.17) is 9.99 Å². The summed E-state index contributed by atoms with van der Waals surface area (Å²) in [4.78, 5) is 15.8. The molecule has 0 spiro atoms. The number of nitrogens with one attached hydrogen (secondary N) is 2. The molecule has 0 aromatic heterocycles. The van der Waals surface area contributed by atoms with Crippen molar-refractivity contribution in [3.05, 3.63) is 0 Å². The van der Waals surface area contributed by atoms with Gasteiger partial charge in [-0.3, -0.25) is 4.79 Å². The molecule has 0 aliphatic heterocycles. The van der Waals surface area contributed by atoms with Gasteiger partial charge in [0.2, 0.25) is 0 Å². The summed E-state index contributed by atoms with van der Waals surface area (Å²) in [6, 6.07) is -0.314. The molecular formula is C13H28N2O4. The van der Waals surface area contributed by atoms with Crippen LogP contribution in [0.4, 0.5) is 0 Å². The Balaban J connectivity index is 4.18. The van der Waals surface area contributed by atoms with Gasteiger partial charge in [-0.15, -0.1) is 4.99 Å². The van der Waals surface area contributed by atoms with Crippen LogP contribution in [0.1, 0.15) is 53.4 Å². The number of hydrogen-bond donors (Lipinski definition) is 3. The van der Waals surface area contributed by atoms with Crippen molar-refractivity contribution in [3.8, 4) is 0 Å². The zero-order chi connectivity index (χ0) is 14.7. The molecule has 0 heterocycles. The molecule has 0 saturated carbocycles. The van der Waals surface area contributed by atoms with Crippen LogP contribution < -0.4 is 10.8 Å². The van der Waals surface area contributed by atoms with Crippen LogP contribution in [0.15, 0.2) is 0 Å². The van der Waals surface area contributed by atoms with Crippen LogP contribution in [0.5, 0.6) is 0 Å². The lowest BCUT2D eigenvalue weighted by molar-refractivity contribution is -0.291. The number of esters is 1. The van der Waals surface area contributed by atoms with Crippen molar-refractivity contribution >= 4 is 5.97 Å². The number of carbonyl (C=O) groups excluding carboxylic acids is 1. The van der Waals surface area contributed by atoms with Crippen LogP contribution in [-0.2, 0) is 14.5 Å². The third kappa shape index (κ3) is 10.9. The summed E-state index contributed by atoms with van der Waals surface area (Å²) in [7, 11) is 0. The van der Waals surface area contributed by atoms with E-state index < -0.39 is 5.60 Å². The zero-order valence-electron chi connectivity index (χ0n) is 12.5. The molecule has 1 atom stereocenters. The van der Waals surface area contributed by atoms with E-state index in [0.717, 1.165) is 19.4 Å². The van der Waals surface area contributed by atoms with Crippen LogP contribution in [-0.4, -0.2) is 36.0 Å². The van der Waals surface area contributed by atoms with Gasteiger partial charge in [-0.1, -0.05) is 13.3 Å². The van der Waals surface area contributed by atoms with Crippen molar-refractivity contribution in [1.29, 1.82) is 0 Å². The number of hydroxylamine groups is 1. The summed E-state index contributed by atoms with van der Waals surface area (Å²) in [5.74, 6) is -0.228. The van der Waals surface area contributed by atoms with Crippen molar-refractivity contribution in [1.82, 2.24) is 10.8 Å². The van der Waals surface area contributed by atoms with Gasteiger partial charge >= 0.3 is 5.97 Å². The molecule has 0 aliphatic carbocycles. The highest BCUT2D eigenvalue weighted by atomic mass is 17.2. The molecule has 0 aliphatic rings. The maximum atomic E-state index is 12.0. The topological polar surface area (TPSA) is 79.8 Å². The summed E-state index contributed by atoms with van der Waals surface area (Å²) < 4.78 is 5.39. The molecule has 6 nitrogen and oxygen atoms in total. The van der Waals surface area contributed by atoms with E-state index in [0.29, 0.717) is 19.4 Å². The first-order chi connectivity index (χ1) is 8.90. The van der Waals surface area contributed by atoms with Gasteiger partial charge in [0.15, 0.2) is 0 Å². The Bertz CT molecular complexity index is 241. The van der Waals surface area contributed by atoms with Crippen molar-refractivity contribution in [2.24, 2.45) is 0 Å². The summed E-state index contributed by atoms with van der Waals surface area (Å²) in [6.07, 6.45) is 3.43. The fourth-order valence-corrected chi connectivity index (χ4v) is 1.55. The van der Waals surface area contributed by atoms with Crippen LogP contribution in [0.3, 0.4) is 0 Å². The molecule has 0 saturated heterocycles. The highest BCUT2D eigenvalue weighted by molar-refractivity contribution is 5.76. The van der Waals surface area contributed by atoms with E-state index in [1.165, 1.54) is 0 Å². The summed E-state index contributed by atoms with van der Waals surface area (Å²) >= 11 is 0. The summed E-state index contributed by atoms with van der Waals surface area (Å²) in [6.45, 7) is 8.95. The minimum Gasteiger partial charge on any atom is -0.459 e. The van der Waals surface area contributed by atoms with Gasteiger partial charge in [-0.25, -0.2) is 5.26 Å². The minimum atomic E-state index is -0.478. The van der Waals surface area contributed by atoms with E-state index in [2.05, 4.69) is 22.7 Å². The Morgan fingerprint density at radius 3 is 2.47 bits per heavy atom. The maximum Gasteiger partial charge on any atom is 0.323 e. The lowest BCUT2D eigenvalue weighted by Crippen LogP contribution is -2.42. The molecule has 3 N–H and O–H groups in total. The Kier molecular flexibility index (Phi) is 9.77. The lowest BCUT2D eigenvalue weighted by atomic mass is 10.1. The number of hydrogen-bond acceptors (Lipinski definition) is 6. The van der Waals surface area contributed by atoms with Crippen molar-refractivity contribution < 1.29 is 19.8 Å². The molecule has 0 aromatic rings. The first kappa shape index (κ1) is 18.3. The number of unbranched alkanes of at least 4 members (excludes halogenated alkanes) is 1. The molecule has 0 rings (SSSR count). The van der Waals surface area contributed by atoms with Gasteiger partial charge in [0.25, 0.3) is 0 Å². The second-order valence-electron chi connectivity index (χ2n) is 5.52. The van der Waals surface area contributed by atoms with Crippen molar-refractivity contribution in [2.75, 3.05) is 13.1 Å². The predicted molar refractivity (Wildman–Crippen MR) is 73.5 cm³/mol. The lowest BCUT2D eigenvalue weighted by Gasteiger charge is -2.24. The number of ether oxygens (including phenoxy) is 1. The van der Waals surface area contributed by atoms with Crippen LogP contribution in [0.25, 0.3) is 0 Å². The maximum absolute atomic E-state index is 12.0. The van der Waals surface area contributed by atoms with E-state index in [1.54, 1.807) is 0 Å². The van der Waals surface area contributed by atoms with Gasteiger partial charge in [0.05, 0.1) is 0 Å². The van der Waals surface area contributed by atoms with Crippen LogP contribution >= 0.6 is 0 Å². The third-order valence-corrected chi connectivity index (χ3v) is 2.45. The highest BCUT2D eigenvalue weighted by Gasteiger charge is 2.24. The largest absolute Gasteiger partial charge is 0.459 e. The van der Waals surface area contributed by atoms with Crippen LogP contribution in [0, 0.1) is 0 Å². The first-order valence-electron chi connectivity index (χ1n) is 6.90. The van der Waals surface area contributed by atoms with E-state index in [-0.39, 0.29) is 12.0 Å². The fourth-order valence-electron chi connectivity index (χ4n) is 1.55. The van der Waals surface area contributed by atoms with Gasteiger partial charge in [-0.05, 0) is 46.6 Å². The molecule has 0 aromatic carbocycles. The minimum absolute atomic E-state index is 0.228. The monoisotopic (exact) mass is 276 g/mol. The fraction of sp³-hybridized carbons (Fsp3) is 0.923. The molecule has 114 valence electrons. The molecule has 0 radical (unpaired) electrons.